The second kappa shape index (κ2) is 16.9. The normalized spacial score (nSPS) is 12.7. The first-order valence-corrected chi connectivity index (χ1v) is 26.3. The Bertz CT molecular complexity index is 4420. The van der Waals surface area contributed by atoms with E-state index in [9.17, 15) is 0 Å². The lowest BCUT2D eigenvalue weighted by Crippen LogP contribution is -2.28. The summed E-state index contributed by atoms with van der Waals surface area (Å²) in [5.41, 5.74) is 18.9. The van der Waals surface area contributed by atoms with Gasteiger partial charge in [-0.25, -0.2) is 0 Å². The highest BCUT2D eigenvalue weighted by atomic mass is 32.1. The van der Waals surface area contributed by atoms with Gasteiger partial charge in [-0.15, -0.1) is 11.3 Å². The summed E-state index contributed by atoms with van der Waals surface area (Å²) in [6.45, 7) is 0. The predicted octanol–water partition coefficient (Wildman–Crippen LogP) is 19.5. The van der Waals surface area contributed by atoms with Crippen LogP contribution in [0.15, 0.2) is 279 Å². The minimum Gasteiger partial charge on any atom is -0.310 e. The molecule has 12 aromatic carbocycles. The fourth-order valence-electron chi connectivity index (χ4n) is 12.5. The van der Waals surface area contributed by atoms with Crippen LogP contribution >= 0.6 is 11.3 Å². The molecule has 346 valence electrons. The van der Waals surface area contributed by atoms with Crippen LogP contribution in [0.25, 0.3) is 91.8 Å². The van der Waals surface area contributed by atoms with E-state index in [-0.39, 0.29) is 0 Å². The van der Waals surface area contributed by atoms with Crippen LogP contribution in [0, 0.1) is 0 Å². The zero-order valence-electron chi connectivity index (χ0n) is 40.4. The molecular formula is C71H46N2S. The van der Waals surface area contributed by atoms with E-state index in [1.165, 1.54) is 103 Å². The van der Waals surface area contributed by atoms with Crippen LogP contribution < -0.4 is 4.90 Å². The van der Waals surface area contributed by atoms with E-state index in [1.54, 1.807) is 0 Å². The molecule has 0 saturated heterocycles. The Balaban J connectivity index is 0.893. The molecule has 3 heteroatoms. The Morgan fingerprint density at radius 3 is 1.58 bits per heavy atom. The molecule has 2 heterocycles. The fourth-order valence-corrected chi connectivity index (χ4v) is 13.8. The first-order valence-electron chi connectivity index (χ1n) is 25.5. The molecule has 74 heavy (non-hydrogen) atoms. The second-order valence-electron chi connectivity index (χ2n) is 19.5. The van der Waals surface area contributed by atoms with Gasteiger partial charge in [0.15, 0.2) is 0 Å². The highest BCUT2D eigenvalue weighted by molar-refractivity contribution is 7.27. The number of fused-ring (bicyclic) bond motifs is 11. The average Bonchev–Trinajstić information content (AvgIpc) is 4.13. The monoisotopic (exact) mass is 958 g/mol. The third kappa shape index (κ3) is 6.37. The van der Waals surface area contributed by atoms with Crippen LogP contribution in [0.1, 0.15) is 22.3 Å². The maximum absolute atomic E-state index is 2.42. The number of hydrogen-bond donors (Lipinski definition) is 0. The van der Waals surface area contributed by atoms with E-state index >= 15 is 0 Å². The van der Waals surface area contributed by atoms with E-state index in [0.717, 1.165) is 28.3 Å². The summed E-state index contributed by atoms with van der Waals surface area (Å²) in [4.78, 5) is 2.42. The molecule has 0 aliphatic heterocycles. The standard InChI is InChI=1S/C71H46N2S/c1-4-19-50(20-5-1)71(51-21-6-2-7-22-51)64-31-14-12-27-63(64)68-56(28-17-32-65(68)71)48-34-39-53(40-35-48)72(55-43-45-60-59-26-13-15-33-66(59)73(67(60)46-55)52-23-8-3-9-24-52)54-41-36-49(37-42-54)58-29-16-30-61-62-44-38-47-18-10-11-25-57(47)70(62)74-69(58)61/h1-46H. The molecule has 0 fully saturated rings. The van der Waals surface area contributed by atoms with Gasteiger partial charge in [0.05, 0.1) is 16.4 Å². The number of rotatable bonds is 8. The summed E-state index contributed by atoms with van der Waals surface area (Å²) in [5.74, 6) is 0. The molecule has 0 unspecified atom stereocenters. The minimum absolute atomic E-state index is 0.467. The van der Waals surface area contributed by atoms with Crippen LogP contribution in [0.2, 0.25) is 0 Å². The van der Waals surface area contributed by atoms with Crippen molar-refractivity contribution in [1.29, 1.82) is 0 Å². The van der Waals surface area contributed by atoms with Crippen molar-refractivity contribution in [3.63, 3.8) is 0 Å². The van der Waals surface area contributed by atoms with E-state index in [2.05, 4.69) is 289 Å². The molecule has 0 N–H and O–H groups in total. The number of anilines is 3. The van der Waals surface area contributed by atoms with E-state index in [0.29, 0.717) is 0 Å². The maximum atomic E-state index is 2.42. The molecule has 14 aromatic rings. The smallest absolute Gasteiger partial charge is 0.0713 e. The van der Waals surface area contributed by atoms with Gasteiger partial charge in [0, 0.05) is 53.7 Å². The Morgan fingerprint density at radius 2 is 0.838 bits per heavy atom. The van der Waals surface area contributed by atoms with Crippen molar-refractivity contribution in [2.24, 2.45) is 0 Å². The highest BCUT2D eigenvalue weighted by Gasteiger charge is 2.46. The molecule has 2 aromatic heterocycles. The maximum Gasteiger partial charge on any atom is 0.0713 e. The Morgan fingerprint density at radius 1 is 0.324 bits per heavy atom. The molecule has 0 spiro atoms. The van der Waals surface area contributed by atoms with Crippen molar-refractivity contribution >= 4 is 81.1 Å². The first kappa shape index (κ1) is 42.4. The van der Waals surface area contributed by atoms with Crippen molar-refractivity contribution in [2.45, 2.75) is 5.41 Å². The van der Waals surface area contributed by atoms with Gasteiger partial charge in [-0.2, -0.15) is 0 Å². The van der Waals surface area contributed by atoms with Crippen LogP contribution in [0.4, 0.5) is 17.1 Å². The van der Waals surface area contributed by atoms with Gasteiger partial charge in [-0.05, 0) is 121 Å². The number of thiophene rings is 1. The van der Waals surface area contributed by atoms with Crippen molar-refractivity contribution in [2.75, 3.05) is 4.90 Å². The Kier molecular flexibility index (Phi) is 9.70. The van der Waals surface area contributed by atoms with E-state index in [4.69, 9.17) is 0 Å². The summed E-state index contributed by atoms with van der Waals surface area (Å²) in [5, 5.41) is 7.67. The molecule has 0 radical (unpaired) electrons. The molecule has 0 bridgehead atoms. The van der Waals surface area contributed by atoms with Gasteiger partial charge in [0.1, 0.15) is 0 Å². The molecule has 0 saturated carbocycles. The SMILES string of the molecule is c1ccc(-n2c3ccccc3c3ccc(N(c4ccc(-c5cccc6c5-c5ccccc5C6(c5ccccc5)c5ccccc5)cc4)c4ccc(-c5cccc6c5sc5c7ccccc7ccc65)cc4)cc32)cc1. The molecule has 15 rings (SSSR count). The molecule has 2 nitrogen and oxygen atoms in total. The summed E-state index contributed by atoms with van der Waals surface area (Å²) in [7, 11) is 0. The summed E-state index contributed by atoms with van der Waals surface area (Å²) >= 11 is 1.91. The van der Waals surface area contributed by atoms with Gasteiger partial charge in [-0.1, -0.05) is 224 Å². The van der Waals surface area contributed by atoms with Crippen molar-refractivity contribution in [1.82, 2.24) is 4.57 Å². The number of hydrogen-bond acceptors (Lipinski definition) is 2. The van der Waals surface area contributed by atoms with Crippen LogP contribution in [-0.4, -0.2) is 4.57 Å². The molecule has 1 aliphatic carbocycles. The Hall–Kier alpha value is -9.28. The third-order valence-electron chi connectivity index (χ3n) is 15.7. The number of para-hydroxylation sites is 2. The number of nitrogens with zero attached hydrogens (tertiary/aromatic N) is 2. The quantitative estimate of drug-likeness (QED) is 0.147. The van der Waals surface area contributed by atoms with E-state index < -0.39 is 5.41 Å². The average molecular weight is 959 g/mol. The third-order valence-corrected chi connectivity index (χ3v) is 17.0. The summed E-state index contributed by atoms with van der Waals surface area (Å²) in [6, 6.07) is 103. The lowest BCUT2D eigenvalue weighted by atomic mass is 9.67. The van der Waals surface area contributed by atoms with Crippen LogP contribution in [0.3, 0.4) is 0 Å². The van der Waals surface area contributed by atoms with Gasteiger partial charge < -0.3 is 9.47 Å². The topological polar surface area (TPSA) is 8.17 Å². The summed E-state index contributed by atoms with van der Waals surface area (Å²) in [6.07, 6.45) is 0. The lowest BCUT2D eigenvalue weighted by molar-refractivity contribution is 0.768. The largest absolute Gasteiger partial charge is 0.310 e. The van der Waals surface area contributed by atoms with E-state index in [1.807, 2.05) is 11.3 Å². The van der Waals surface area contributed by atoms with Crippen molar-refractivity contribution in [3.8, 4) is 39.1 Å². The lowest BCUT2D eigenvalue weighted by Gasteiger charge is -2.34. The van der Waals surface area contributed by atoms with Crippen LogP contribution in [-0.2, 0) is 5.41 Å². The molecule has 1 aliphatic rings. The predicted molar refractivity (Wildman–Crippen MR) is 314 cm³/mol. The zero-order valence-corrected chi connectivity index (χ0v) is 41.2. The zero-order chi connectivity index (χ0) is 48.7. The molecule has 0 atom stereocenters. The van der Waals surface area contributed by atoms with Gasteiger partial charge in [-0.3, -0.25) is 0 Å². The highest BCUT2D eigenvalue weighted by Crippen LogP contribution is 2.58. The number of benzene rings is 12. The Labute approximate surface area is 433 Å². The van der Waals surface area contributed by atoms with Gasteiger partial charge in [0.2, 0.25) is 0 Å². The molecular weight excluding hydrogens is 913 g/mol. The van der Waals surface area contributed by atoms with Gasteiger partial charge >= 0.3 is 0 Å². The van der Waals surface area contributed by atoms with Crippen molar-refractivity contribution in [3.05, 3.63) is 301 Å². The number of aromatic nitrogens is 1. The van der Waals surface area contributed by atoms with Crippen LogP contribution in [0.5, 0.6) is 0 Å². The first-order chi connectivity index (χ1) is 36.7. The summed E-state index contributed by atoms with van der Waals surface area (Å²) < 4.78 is 5.07. The fraction of sp³-hybridized carbons (Fsp3) is 0.0141. The second-order valence-corrected chi connectivity index (χ2v) is 20.5. The minimum atomic E-state index is -0.467. The van der Waals surface area contributed by atoms with Gasteiger partial charge in [0.25, 0.3) is 0 Å². The molecule has 0 amide bonds. The van der Waals surface area contributed by atoms with Crippen molar-refractivity contribution < 1.29 is 0 Å².